The van der Waals surface area contributed by atoms with Crippen LogP contribution in [0.5, 0.6) is 0 Å². The van der Waals surface area contributed by atoms with E-state index in [1.807, 2.05) is 6.92 Å². The van der Waals surface area contributed by atoms with Crippen molar-refractivity contribution < 1.29 is 22.7 Å². The molecule has 2 aromatic heterocycles. The maximum atomic E-state index is 14.8. The van der Waals surface area contributed by atoms with Crippen molar-refractivity contribution in [2.45, 2.75) is 25.8 Å². The van der Waals surface area contributed by atoms with Gasteiger partial charge in [-0.2, -0.15) is 0 Å². The number of carbonyl (C=O) groups is 1. The molecule has 1 unspecified atom stereocenters. The first-order valence-corrected chi connectivity index (χ1v) is 11.8. The zero-order chi connectivity index (χ0) is 22.7. The van der Waals surface area contributed by atoms with Gasteiger partial charge in [-0.15, -0.1) is 11.3 Å². The third-order valence-corrected chi connectivity index (χ3v) is 6.70. The Bertz CT molecular complexity index is 1140. The van der Waals surface area contributed by atoms with E-state index in [9.17, 15) is 18.0 Å². The Kier molecular flexibility index (Phi) is 7.01. The Hall–Kier alpha value is -2.57. The number of amides is 1. The highest BCUT2D eigenvalue weighted by molar-refractivity contribution is 8.00. The summed E-state index contributed by atoms with van der Waals surface area (Å²) >= 11 is 2.38. The SMILES string of the molecule is CCCSNc1cc(F)c(F)c(NC(=O)c2csc3c(NC4CCOC4)ncnc23)c1F. The van der Waals surface area contributed by atoms with Gasteiger partial charge in [0.2, 0.25) is 0 Å². The monoisotopic (exact) mass is 483 g/mol. The van der Waals surface area contributed by atoms with E-state index in [1.165, 1.54) is 23.0 Å². The van der Waals surface area contributed by atoms with Gasteiger partial charge in [0.05, 0.1) is 34.1 Å². The first kappa shape index (κ1) is 22.6. The Labute approximate surface area is 190 Å². The molecular formula is C20H20F3N5O2S2. The molecule has 0 saturated carbocycles. The molecule has 0 aliphatic carbocycles. The maximum Gasteiger partial charge on any atom is 0.258 e. The number of anilines is 3. The molecule has 1 fully saturated rings. The fraction of sp³-hybridized carbons (Fsp3) is 0.350. The van der Waals surface area contributed by atoms with E-state index in [0.29, 0.717) is 35.0 Å². The predicted molar refractivity (Wildman–Crippen MR) is 121 cm³/mol. The molecule has 12 heteroatoms. The van der Waals surface area contributed by atoms with E-state index in [0.717, 1.165) is 30.9 Å². The fourth-order valence-corrected chi connectivity index (χ4v) is 4.72. The number of halogens is 3. The lowest BCUT2D eigenvalue weighted by Crippen LogP contribution is -2.20. The summed E-state index contributed by atoms with van der Waals surface area (Å²) in [5, 5.41) is 6.95. The topological polar surface area (TPSA) is 88.2 Å². The third-order valence-electron chi connectivity index (χ3n) is 4.75. The number of nitrogens with zero attached hydrogens (tertiary/aromatic N) is 2. The molecule has 1 atom stereocenters. The van der Waals surface area contributed by atoms with Gasteiger partial charge in [-0.25, -0.2) is 23.1 Å². The number of hydrogen-bond donors (Lipinski definition) is 3. The fourth-order valence-electron chi connectivity index (χ4n) is 3.16. The molecule has 32 heavy (non-hydrogen) atoms. The molecule has 0 spiro atoms. The Morgan fingerprint density at radius 1 is 1.31 bits per heavy atom. The Morgan fingerprint density at radius 2 is 2.16 bits per heavy atom. The normalized spacial score (nSPS) is 15.8. The van der Waals surface area contributed by atoms with Gasteiger partial charge < -0.3 is 20.1 Å². The van der Waals surface area contributed by atoms with Crippen molar-refractivity contribution in [1.82, 2.24) is 9.97 Å². The van der Waals surface area contributed by atoms with Crippen LogP contribution in [0.3, 0.4) is 0 Å². The Morgan fingerprint density at radius 3 is 2.91 bits per heavy atom. The number of hydrogen-bond acceptors (Lipinski definition) is 8. The summed E-state index contributed by atoms with van der Waals surface area (Å²) in [6, 6.07) is 0.820. The minimum atomic E-state index is -1.47. The Balaban J connectivity index is 1.60. The standard InChI is InChI=1S/C20H20F3N5O2S2/c1-2-5-32-28-13-6-12(21)14(22)17(15(13)23)27-20(29)11-8-31-18-16(11)24-9-25-19(18)26-10-3-4-30-7-10/h6,8-10,28H,2-5,7H2,1H3,(H,27,29)(H,24,25,26). The van der Waals surface area contributed by atoms with Crippen molar-refractivity contribution in [3.05, 3.63) is 40.8 Å². The zero-order valence-corrected chi connectivity index (χ0v) is 18.6. The summed E-state index contributed by atoms with van der Waals surface area (Å²) in [6.45, 7) is 3.14. The van der Waals surface area contributed by atoms with Crippen LogP contribution in [0.25, 0.3) is 10.2 Å². The third kappa shape index (κ3) is 4.62. The first-order valence-electron chi connectivity index (χ1n) is 9.92. The molecule has 0 radical (unpaired) electrons. The highest BCUT2D eigenvalue weighted by Gasteiger charge is 2.24. The number of benzene rings is 1. The molecule has 1 aromatic carbocycles. The summed E-state index contributed by atoms with van der Waals surface area (Å²) < 4.78 is 51.8. The summed E-state index contributed by atoms with van der Waals surface area (Å²) in [5.41, 5.74) is -0.668. The molecule has 1 saturated heterocycles. The molecule has 1 aliphatic heterocycles. The van der Waals surface area contributed by atoms with E-state index >= 15 is 0 Å². The molecule has 3 N–H and O–H groups in total. The lowest BCUT2D eigenvalue weighted by molar-refractivity contribution is 0.102. The summed E-state index contributed by atoms with van der Waals surface area (Å²) in [4.78, 5) is 21.2. The molecule has 3 aromatic rings. The second-order valence-electron chi connectivity index (χ2n) is 7.07. The molecule has 1 aliphatic rings. The molecule has 3 heterocycles. The van der Waals surface area contributed by atoms with Crippen LogP contribution < -0.4 is 15.4 Å². The summed E-state index contributed by atoms with van der Waals surface area (Å²) in [5.74, 6) is -3.44. The number of carbonyl (C=O) groups excluding carboxylic acids is 1. The number of rotatable bonds is 8. The van der Waals surface area contributed by atoms with Gasteiger partial charge in [0.1, 0.15) is 17.8 Å². The van der Waals surface area contributed by atoms with E-state index in [2.05, 4.69) is 25.3 Å². The summed E-state index contributed by atoms with van der Waals surface area (Å²) in [7, 11) is 0. The molecule has 7 nitrogen and oxygen atoms in total. The average molecular weight is 484 g/mol. The van der Waals surface area contributed by atoms with Gasteiger partial charge in [0.25, 0.3) is 5.91 Å². The lowest BCUT2D eigenvalue weighted by Gasteiger charge is -2.13. The smallest absolute Gasteiger partial charge is 0.258 e. The predicted octanol–water partition coefficient (Wildman–Crippen LogP) is 5.03. The van der Waals surface area contributed by atoms with E-state index < -0.39 is 29.0 Å². The average Bonchev–Trinajstić information content (AvgIpc) is 3.45. The molecule has 4 rings (SSSR count). The van der Waals surface area contributed by atoms with Crippen molar-refractivity contribution >= 4 is 56.6 Å². The van der Waals surface area contributed by atoms with Crippen molar-refractivity contribution in [2.75, 3.05) is 34.3 Å². The van der Waals surface area contributed by atoms with Gasteiger partial charge in [0, 0.05) is 23.8 Å². The molecule has 170 valence electrons. The lowest BCUT2D eigenvalue weighted by atomic mass is 10.2. The zero-order valence-electron chi connectivity index (χ0n) is 17.0. The van der Waals surface area contributed by atoms with Crippen molar-refractivity contribution in [3.63, 3.8) is 0 Å². The largest absolute Gasteiger partial charge is 0.379 e. The molecule has 0 bridgehead atoms. The van der Waals surface area contributed by atoms with Crippen LogP contribution in [0.4, 0.5) is 30.4 Å². The molecular weight excluding hydrogens is 463 g/mol. The van der Waals surface area contributed by atoms with Crippen LogP contribution in [-0.4, -0.2) is 40.9 Å². The number of thiophene rings is 1. The molecule has 1 amide bonds. The van der Waals surface area contributed by atoms with Crippen LogP contribution in [0.15, 0.2) is 17.8 Å². The van der Waals surface area contributed by atoms with Gasteiger partial charge in [-0.3, -0.25) is 4.79 Å². The van der Waals surface area contributed by atoms with E-state index in [1.54, 1.807) is 0 Å². The number of aromatic nitrogens is 2. The highest BCUT2D eigenvalue weighted by Crippen LogP contribution is 2.33. The minimum absolute atomic E-state index is 0.0967. The maximum absolute atomic E-state index is 14.8. The number of nitrogens with one attached hydrogen (secondary N) is 3. The highest BCUT2D eigenvalue weighted by atomic mass is 32.2. The van der Waals surface area contributed by atoms with Crippen LogP contribution in [0.1, 0.15) is 30.1 Å². The van der Waals surface area contributed by atoms with Crippen LogP contribution in [-0.2, 0) is 4.74 Å². The van der Waals surface area contributed by atoms with Gasteiger partial charge in [0.15, 0.2) is 17.5 Å². The number of ether oxygens (including phenoxy) is 1. The van der Waals surface area contributed by atoms with E-state index in [-0.39, 0.29) is 17.3 Å². The van der Waals surface area contributed by atoms with Crippen molar-refractivity contribution in [3.8, 4) is 0 Å². The van der Waals surface area contributed by atoms with Gasteiger partial charge >= 0.3 is 0 Å². The second kappa shape index (κ2) is 9.92. The van der Waals surface area contributed by atoms with Gasteiger partial charge in [-0.1, -0.05) is 18.9 Å². The van der Waals surface area contributed by atoms with Crippen LogP contribution in [0, 0.1) is 17.5 Å². The summed E-state index contributed by atoms with van der Waals surface area (Å²) in [6.07, 6.45) is 2.94. The number of fused-ring (bicyclic) bond motifs is 1. The van der Waals surface area contributed by atoms with Crippen molar-refractivity contribution in [2.24, 2.45) is 0 Å². The van der Waals surface area contributed by atoms with Crippen LogP contribution >= 0.6 is 23.3 Å². The van der Waals surface area contributed by atoms with Crippen molar-refractivity contribution in [1.29, 1.82) is 0 Å². The first-order chi connectivity index (χ1) is 15.5. The van der Waals surface area contributed by atoms with Crippen LogP contribution in [0.2, 0.25) is 0 Å². The quantitative estimate of drug-likeness (QED) is 0.235. The minimum Gasteiger partial charge on any atom is -0.379 e. The van der Waals surface area contributed by atoms with Gasteiger partial charge in [-0.05, 0) is 12.8 Å². The van der Waals surface area contributed by atoms with E-state index in [4.69, 9.17) is 4.74 Å². The second-order valence-corrected chi connectivity index (χ2v) is 8.85.